The molecule has 2 aliphatic rings. The molecule has 0 saturated heterocycles. The van der Waals surface area contributed by atoms with Gasteiger partial charge in [-0.3, -0.25) is 19.4 Å². The van der Waals surface area contributed by atoms with Gasteiger partial charge in [0, 0.05) is 30.7 Å². The van der Waals surface area contributed by atoms with Crippen LogP contribution in [0.15, 0.2) is 58.4 Å². The van der Waals surface area contributed by atoms with E-state index in [0.717, 1.165) is 25.9 Å². The predicted octanol–water partition coefficient (Wildman–Crippen LogP) is 3.09. The number of hydrogen-bond acceptors (Lipinski definition) is 5. The monoisotopic (exact) mass is 482 g/mol. The molecule has 2 aromatic carbocycles. The molecule has 7 nitrogen and oxygen atoms in total. The second-order valence-electron chi connectivity index (χ2n) is 9.88. The number of rotatable bonds is 7. The molecule has 0 fully saturated rings. The molecule has 0 saturated carbocycles. The Kier molecular flexibility index (Phi) is 6.82. The molecule has 0 aromatic heterocycles. The first-order chi connectivity index (χ1) is 16.1. The van der Waals surface area contributed by atoms with Crippen LogP contribution in [0.25, 0.3) is 0 Å². The number of nitrogens with one attached hydrogen (secondary N) is 2. The Morgan fingerprint density at radius 2 is 1.82 bits per heavy atom. The van der Waals surface area contributed by atoms with Gasteiger partial charge in [0.05, 0.1) is 4.90 Å². The van der Waals surface area contributed by atoms with Gasteiger partial charge in [-0.15, -0.1) is 0 Å². The normalized spacial score (nSPS) is 20.2. The van der Waals surface area contributed by atoms with E-state index in [1.54, 1.807) is 24.3 Å². The average molecular weight is 483 g/mol. The Morgan fingerprint density at radius 3 is 2.56 bits per heavy atom. The summed E-state index contributed by atoms with van der Waals surface area (Å²) in [6.45, 7) is 10.5. The maximum absolute atomic E-state index is 13.3. The van der Waals surface area contributed by atoms with Crippen LogP contribution in [-0.2, 0) is 27.8 Å². The molecule has 0 spiro atoms. The first kappa shape index (κ1) is 24.4. The van der Waals surface area contributed by atoms with Crippen LogP contribution in [0.4, 0.5) is 0 Å². The lowest BCUT2D eigenvalue weighted by Gasteiger charge is -2.42. The second kappa shape index (κ2) is 9.50. The fourth-order valence-electron chi connectivity index (χ4n) is 4.57. The molecule has 8 heteroatoms. The number of hydrogen-bond donors (Lipinski definition) is 2. The summed E-state index contributed by atoms with van der Waals surface area (Å²) >= 11 is 0. The Morgan fingerprint density at radius 1 is 1.15 bits per heavy atom. The van der Waals surface area contributed by atoms with Crippen LogP contribution in [0, 0.1) is 5.92 Å². The summed E-state index contributed by atoms with van der Waals surface area (Å²) in [5.74, 6) is 0.00797. The van der Waals surface area contributed by atoms with Gasteiger partial charge in [0.2, 0.25) is 5.91 Å². The van der Waals surface area contributed by atoms with Crippen molar-refractivity contribution >= 4 is 21.8 Å². The Balaban J connectivity index is 1.49. The molecule has 0 unspecified atom stereocenters. The topological polar surface area (TPSA) is 90.9 Å². The summed E-state index contributed by atoms with van der Waals surface area (Å²) in [6.07, 6.45) is 1.74. The fourth-order valence-corrected chi connectivity index (χ4v) is 5.81. The van der Waals surface area contributed by atoms with Crippen molar-refractivity contribution in [3.8, 4) is 0 Å². The predicted molar refractivity (Wildman–Crippen MR) is 134 cm³/mol. The molecular weight excluding hydrogens is 448 g/mol. The van der Waals surface area contributed by atoms with Gasteiger partial charge in [-0.25, -0.2) is 8.42 Å². The summed E-state index contributed by atoms with van der Waals surface area (Å²) in [5, 5.41) is 3.11. The van der Waals surface area contributed by atoms with Crippen LogP contribution >= 0.6 is 0 Å². The Labute approximate surface area is 202 Å². The van der Waals surface area contributed by atoms with E-state index in [2.05, 4.69) is 58.0 Å². The zero-order chi connectivity index (χ0) is 24.5. The van der Waals surface area contributed by atoms with E-state index in [1.807, 2.05) is 13.8 Å². The summed E-state index contributed by atoms with van der Waals surface area (Å²) < 4.78 is 27.5. The van der Waals surface area contributed by atoms with Gasteiger partial charge in [0.15, 0.2) is 0 Å². The number of aliphatic imine (C=N–C) groups is 1. The number of benzene rings is 2. The first-order valence-electron chi connectivity index (χ1n) is 11.9. The van der Waals surface area contributed by atoms with Crippen LogP contribution in [0.2, 0.25) is 0 Å². The van der Waals surface area contributed by atoms with Crippen molar-refractivity contribution in [1.82, 2.24) is 14.9 Å². The molecule has 2 heterocycles. The number of carbonyl (C=O) groups is 1. The van der Waals surface area contributed by atoms with Crippen LogP contribution in [0.5, 0.6) is 0 Å². The molecule has 182 valence electrons. The highest BCUT2D eigenvalue weighted by Crippen LogP contribution is 2.26. The van der Waals surface area contributed by atoms with Crippen molar-refractivity contribution in [2.75, 3.05) is 13.1 Å². The first-order valence-corrected chi connectivity index (χ1v) is 13.4. The second-order valence-corrected chi connectivity index (χ2v) is 11.5. The van der Waals surface area contributed by atoms with Gasteiger partial charge < -0.3 is 5.32 Å². The van der Waals surface area contributed by atoms with Gasteiger partial charge in [-0.1, -0.05) is 56.7 Å². The number of nitrogens with zero attached hydrogens (tertiary/aromatic N) is 2. The van der Waals surface area contributed by atoms with Crippen molar-refractivity contribution in [3.05, 3.63) is 65.2 Å². The maximum Gasteiger partial charge on any atom is 0.263 e. The lowest BCUT2D eigenvalue weighted by Crippen LogP contribution is -2.54. The smallest absolute Gasteiger partial charge is 0.263 e. The largest absolute Gasteiger partial charge is 0.352 e. The third-order valence-corrected chi connectivity index (χ3v) is 8.46. The number of carbonyl (C=O) groups excluding carboxylic acids is 1. The van der Waals surface area contributed by atoms with Crippen LogP contribution in [0.1, 0.15) is 50.8 Å². The quantitative estimate of drug-likeness (QED) is 0.635. The van der Waals surface area contributed by atoms with E-state index in [1.165, 1.54) is 11.1 Å². The minimum Gasteiger partial charge on any atom is -0.352 e. The number of sulfonamides is 1. The summed E-state index contributed by atoms with van der Waals surface area (Å²) in [4.78, 5) is 20.5. The fraction of sp³-hybridized carbons (Fsp3) is 0.462. The minimum atomic E-state index is -3.65. The van der Waals surface area contributed by atoms with Crippen molar-refractivity contribution in [3.63, 3.8) is 0 Å². The van der Waals surface area contributed by atoms with Crippen molar-refractivity contribution in [2.24, 2.45) is 10.9 Å². The molecular formula is C26H34N4O3S. The molecule has 4 rings (SSSR count). The van der Waals surface area contributed by atoms with Crippen molar-refractivity contribution in [2.45, 2.75) is 63.6 Å². The minimum absolute atomic E-state index is 0.0465. The summed E-state index contributed by atoms with van der Waals surface area (Å²) in [5.41, 5.74) is 3.00. The van der Waals surface area contributed by atoms with Crippen molar-refractivity contribution in [1.29, 1.82) is 0 Å². The molecule has 2 aliphatic heterocycles. The van der Waals surface area contributed by atoms with Crippen molar-refractivity contribution < 1.29 is 13.2 Å². The Bertz CT molecular complexity index is 1210. The molecule has 0 radical (unpaired) electrons. The molecule has 2 aromatic rings. The lowest BCUT2D eigenvalue weighted by atomic mass is 9.93. The Hall–Kier alpha value is -2.71. The average Bonchev–Trinajstić information content (AvgIpc) is 3.10. The van der Waals surface area contributed by atoms with Gasteiger partial charge in [-0.05, 0) is 49.4 Å². The SMILES string of the molecule is CC[C@H](C)[C@H](N=C1NS(=O)(=O)c2ccccc21)C(=O)NCC(C)(C)N1CCc2ccccc2C1. The summed E-state index contributed by atoms with van der Waals surface area (Å²) in [6, 6.07) is 14.5. The highest BCUT2D eigenvalue weighted by atomic mass is 32.2. The molecule has 2 N–H and O–H groups in total. The molecule has 0 bridgehead atoms. The summed E-state index contributed by atoms with van der Waals surface area (Å²) in [7, 11) is -3.65. The van der Waals surface area contributed by atoms with E-state index in [4.69, 9.17) is 0 Å². The van der Waals surface area contributed by atoms with E-state index >= 15 is 0 Å². The number of amides is 1. The third kappa shape index (κ3) is 4.88. The number of fused-ring (bicyclic) bond motifs is 2. The molecule has 2 atom stereocenters. The van der Waals surface area contributed by atoms with E-state index < -0.39 is 16.1 Å². The third-order valence-electron chi connectivity index (χ3n) is 7.06. The van der Waals surface area contributed by atoms with E-state index in [-0.39, 0.29) is 28.1 Å². The standard InChI is InChI=1S/C26H34N4O3S/c1-5-18(2)23(28-24-21-12-8-9-13-22(21)34(32,33)29-24)25(31)27-17-26(3,4)30-15-14-19-10-6-7-11-20(19)16-30/h6-13,18,23H,5,14-17H2,1-4H3,(H,27,31)(H,28,29)/t18-,23-/m0/s1. The zero-order valence-corrected chi connectivity index (χ0v) is 21.2. The number of amidine groups is 1. The lowest BCUT2D eigenvalue weighted by molar-refractivity contribution is -0.124. The molecule has 0 aliphatic carbocycles. The maximum atomic E-state index is 13.3. The molecule has 1 amide bonds. The highest BCUT2D eigenvalue weighted by Gasteiger charge is 2.34. The van der Waals surface area contributed by atoms with E-state index in [9.17, 15) is 13.2 Å². The van der Waals surface area contributed by atoms with Gasteiger partial charge in [0.1, 0.15) is 11.9 Å². The van der Waals surface area contributed by atoms with Gasteiger partial charge in [0.25, 0.3) is 10.0 Å². The van der Waals surface area contributed by atoms with Gasteiger partial charge >= 0.3 is 0 Å². The van der Waals surface area contributed by atoms with Crippen LogP contribution < -0.4 is 10.0 Å². The van der Waals surface area contributed by atoms with Crippen LogP contribution in [-0.4, -0.2) is 49.7 Å². The zero-order valence-electron chi connectivity index (χ0n) is 20.3. The molecule has 34 heavy (non-hydrogen) atoms. The highest BCUT2D eigenvalue weighted by molar-refractivity contribution is 7.90. The van der Waals surface area contributed by atoms with E-state index in [0.29, 0.717) is 12.1 Å². The van der Waals surface area contributed by atoms with Gasteiger partial charge in [-0.2, -0.15) is 0 Å². The van der Waals surface area contributed by atoms with Crippen LogP contribution in [0.3, 0.4) is 0 Å².